The van der Waals surface area contributed by atoms with E-state index in [0.717, 1.165) is 62.7 Å². The molecule has 3 N–H and O–H groups in total. The van der Waals surface area contributed by atoms with Gasteiger partial charge >= 0.3 is 0 Å². The lowest BCUT2D eigenvalue weighted by Gasteiger charge is -2.20. The molecule has 4 rings (SSSR count). The number of aryl methyl sites for hydroxylation is 2. The van der Waals surface area contributed by atoms with E-state index < -0.39 is 0 Å². The molecular formula is C22H27IN6OS. The quantitative estimate of drug-likeness (QED) is 0.331. The average Bonchev–Trinajstić information content (AvgIpc) is 3.23. The predicted octanol–water partition coefficient (Wildman–Crippen LogP) is 4.46. The van der Waals surface area contributed by atoms with Crippen molar-refractivity contribution in [3.8, 4) is 0 Å². The van der Waals surface area contributed by atoms with Crippen molar-refractivity contribution in [1.29, 1.82) is 0 Å². The number of imidazole rings is 1. The summed E-state index contributed by atoms with van der Waals surface area (Å²) in [5.74, 6) is 0.613. The molecule has 9 heteroatoms. The molecule has 7 nitrogen and oxygen atoms in total. The highest BCUT2D eigenvalue weighted by Crippen LogP contribution is 2.37. The molecule has 1 aromatic carbocycles. The number of Topliss-reactive ketones (excluding diaryl/α,β-unsaturated/α-hetero) is 1. The van der Waals surface area contributed by atoms with Crippen LogP contribution in [0.25, 0.3) is 11.2 Å². The largest absolute Gasteiger partial charge is 0.382 e. The zero-order valence-corrected chi connectivity index (χ0v) is 21.0. The second-order valence-electron chi connectivity index (χ2n) is 8.83. The summed E-state index contributed by atoms with van der Waals surface area (Å²) in [5, 5.41) is 4.36. The van der Waals surface area contributed by atoms with E-state index in [-0.39, 0.29) is 11.3 Å². The Kier molecular flexibility index (Phi) is 6.55. The molecular weight excluding hydrogens is 523 g/mol. The summed E-state index contributed by atoms with van der Waals surface area (Å²) in [6, 6.07) is 4.14. The number of ketones is 1. The van der Waals surface area contributed by atoms with Gasteiger partial charge in [-0.25, -0.2) is 15.0 Å². The Bertz CT molecular complexity index is 1140. The topological polar surface area (TPSA) is 98.7 Å². The minimum absolute atomic E-state index is 0.117. The smallest absolute Gasteiger partial charge is 0.175 e. The maximum Gasteiger partial charge on any atom is 0.175 e. The fourth-order valence-corrected chi connectivity index (χ4v) is 5.51. The molecule has 0 bridgehead atoms. The van der Waals surface area contributed by atoms with Gasteiger partial charge in [0.2, 0.25) is 0 Å². The maximum atomic E-state index is 12.2. The maximum absolute atomic E-state index is 12.2. The Hall–Kier alpha value is -1.72. The number of halogens is 1. The third-order valence-corrected chi connectivity index (χ3v) is 7.58. The molecule has 2 heterocycles. The molecule has 164 valence electrons. The minimum Gasteiger partial charge on any atom is -0.382 e. The van der Waals surface area contributed by atoms with Crippen LogP contribution in [0.15, 0.2) is 28.5 Å². The number of nitrogen functional groups attached to an aromatic ring is 1. The van der Waals surface area contributed by atoms with Gasteiger partial charge in [-0.1, -0.05) is 11.8 Å². The van der Waals surface area contributed by atoms with Crippen LogP contribution in [0.3, 0.4) is 0 Å². The number of aromatic nitrogens is 4. The Morgan fingerprint density at radius 3 is 2.81 bits per heavy atom. The van der Waals surface area contributed by atoms with Crippen LogP contribution in [0.5, 0.6) is 0 Å². The number of hydrogen-bond acceptors (Lipinski definition) is 7. The van der Waals surface area contributed by atoms with Crippen LogP contribution in [0.4, 0.5) is 5.82 Å². The van der Waals surface area contributed by atoms with Crippen molar-refractivity contribution in [2.45, 2.75) is 68.6 Å². The van der Waals surface area contributed by atoms with Gasteiger partial charge in [-0.3, -0.25) is 4.79 Å². The van der Waals surface area contributed by atoms with Gasteiger partial charge in [0, 0.05) is 32.5 Å². The van der Waals surface area contributed by atoms with E-state index >= 15 is 0 Å². The second-order valence-corrected chi connectivity index (χ2v) is 11.0. The number of rotatable bonds is 7. The number of unbranched alkanes of at least 4 members (excludes halogenated alkanes) is 1. The van der Waals surface area contributed by atoms with Crippen molar-refractivity contribution in [2.24, 2.45) is 0 Å². The van der Waals surface area contributed by atoms with Gasteiger partial charge in [0.05, 0.1) is 0 Å². The van der Waals surface area contributed by atoms with Crippen molar-refractivity contribution in [3.63, 3.8) is 0 Å². The van der Waals surface area contributed by atoms with Crippen molar-refractivity contribution >= 4 is 57.1 Å². The molecule has 0 spiro atoms. The van der Waals surface area contributed by atoms with Gasteiger partial charge in [-0.2, -0.15) is 0 Å². The van der Waals surface area contributed by atoms with Crippen LogP contribution in [-0.2, 0) is 13.0 Å². The summed E-state index contributed by atoms with van der Waals surface area (Å²) < 4.78 is 3.25. The van der Waals surface area contributed by atoms with Crippen LogP contribution in [0.1, 0.15) is 56.0 Å². The van der Waals surface area contributed by atoms with Crippen molar-refractivity contribution in [3.05, 3.63) is 33.2 Å². The SMILES string of the molecule is CC(C)(C)NCCCCn1c(Sc2cc3c(cc2I)CCC3=O)nc2c(N)ncnc21. The molecule has 0 saturated heterocycles. The summed E-state index contributed by atoms with van der Waals surface area (Å²) in [6.45, 7) is 8.28. The van der Waals surface area contributed by atoms with E-state index in [1.165, 1.54) is 6.33 Å². The fourth-order valence-electron chi connectivity index (χ4n) is 3.69. The number of nitrogens with two attached hydrogens (primary N) is 1. The third-order valence-electron chi connectivity index (χ3n) is 5.27. The summed E-state index contributed by atoms with van der Waals surface area (Å²) in [4.78, 5) is 26.6. The van der Waals surface area contributed by atoms with Crippen LogP contribution in [0, 0.1) is 3.57 Å². The molecule has 0 fully saturated rings. The van der Waals surface area contributed by atoms with Crippen molar-refractivity contribution in [1.82, 2.24) is 24.8 Å². The Labute approximate surface area is 200 Å². The zero-order chi connectivity index (χ0) is 22.2. The van der Waals surface area contributed by atoms with Crippen LogP contribution >= 0.6 is 34.4 Å². The number of fused-ring (bicyclic) bond motifs is 2. The highest BCUT2D eigenvalue weighted by atomic mass is 127. The molecule has 0 aliphatic heterocycles. The van der Waals surface area contributed by atoms with Crippen molar-refractivity contribution < 1.29 is 4.79 Å². The monoisotopic (exact) mass is 550 g/mol. The van der Waals surface area contributed by atoms with Gasteiger partial charge < -0.3 is 15.6 Å². The van der Waals surface area contributed by atoms with Crippen molar-refractivity contribution in [2.75, 3.05) is 12.3 Å². The standard InChI is InChI=1S/C22H27IN6OS/c1-22(2,3)27-8-4-5-9-29-20-18(19(24)25-12-26-20)28-21(29)31-17-11-14-13(10-15(17)23)6-7-16(14)30/h10-12,27H,4-9H2,1-3H3,(H2,24,25,26). The molecule has 0 saturated carbocycles. The molecule has 31 heavy (non-hydrogen) atoms. The number of nitrogens with zero attached hydrogens (tertiary/aromatic N) is 4. The molecule has 3 aromatic rings. The number of anilines is 1. The van der Waals surface area contributed by atoms with Gasteiger partial charge in [-0.15, -0.1) is 0 Å². The van der Waals surface area contributed by atoms with E-state index in [4.69, 9.17) is 10.7 Å². The molecule has 0 radical (unpaired) electrons. The highest BCUT2D eigenvalue weighted by molar-refractivity contribution is 14.1. The van der Waals surface area contributed by atoms with E-state index in [1.54, 1.807) is 11.8 Å². The van der Waals surface area contributed by atoms with Gasteiger partial charge in [0.15, 0.2) is 27.9 Å². The predicted molar refractivity (Wildman–Crippen MR) is 133 cm³/mol. The first-order valence-electron chi connectivity index (χ1n) is 10.5. The fraction of sp³-hybridized carbons (Fsp3) is 0.455. The molecule has 0 atom stereocenters. The average molecular weight is 550 g/mol. The highest BCUT2D eigenvalue weighted by Gasteiger charge is 2.23. The minimum atomic E-state index is 0.117. The number of carbonyl (C=O) groups is 1. The normalized spacial score (nSPS) is 13.9. The first-order chi connectivity index (χ1) is 14.7. The van der Waals surface area contributed by atoms with Gasteiger partial charge in [-0.05, 0) is 86.9 Å². The molecule has 0 unspecified atom stereocenters. The number of benzene rings is 1. The van der Waals surface area contributed by atoms with Crippen LogP contribution in [0.2, 0.25) is 0 Å². The molecule has 0 amide bonds. The Balaban J connectivity index is 1.60. The third kappa shape index (κ3) is 5.04. The van der Waals surface area contributed by atoms with Gasteiger partial charge in [0.1, 0.15) is 6.33 Å². The van der Waals surface area contributed by atoms with E-state index in [0.29, 0.717) is 17.8 Å². The van der Waals surface area contributed by atoms with Gasteiger partial charge in [0.25, 0.3) is 0 Å². The first-order valence-corrected chi connectivity index (χ1v) is 12.4. The molecule has 2 aromatic heterocycles. The zero-order valence-electron chi connectivity index (χ0n) is 18.0. The van der Waals surface area contributed by atoms with Crippen LogP contribution < -0.4 is 11.1 Å². The number of hydrogen-bond donors (Lipinski definition) is 2. The number of carbonyl (C=O) groups excluding carboxylic acids is 1. The number of nitrogens with one attached hydrogen (secondary N) is 1. The lowest BCUT2D eigenvalue weighted by atomic mass is 10.1. The summed E-state index contributed by atoms with van der Waals surface area (Å²) in [6.07, 6.45) is 4.97. The summed E-state index contributed by atoms with van der Waals surface area (Å²) >= 11 is 3.91. The second kappa shape index (κ2) is 9.03. The summed E-state index contributed by atoms with van der Waals surface area (Å²) in [7, 11) is 0. The lowest BCUT2D eigenvalue weighted by molar-refractivity contribution is 0.0994. The van der Waals surface area contributed by atoms with E-state index in [2.05, 4.69) is 69.3 Å². The molecule has 1 aliphatic rings. The Morgan fingerprint density at radius 1 is 1.23 bits per heavy atom. The Morgan fingerprint density at radius 2 is 2.03 bits per heavy atom. The van der Waals surface area contributed by atoms with E-state index in [9.17, 15) is 4.79 Å². The molecule has 1 aliphatic carbocycles. The lowest BCUT2D eigenvalue weighted by Crippen LogP contribution is -2.36. The van der Waals surface area contributed by atoms with E-state index in [1.807, 2.05) is 6.07 Å². The first kappa shape index (κ1) is 22.5. The summed E-state index contributed by atoms with van der Waals surface area (Å²) in [5.41, 5.74) is 9.58. The van der Waals surface area contributed by atoms with Crippen LogP contribution in [-0.4, -0.2) is 37.4 Å².